The number of methoxy groups -OCH3 is 1. The molecule has 0 saturated heterocycles. The van der Waals surface area contributed by atoms with E-state index in [1.807, 2.05) is 12.1 Å². The Hall–Kier alpha value is -1.77. The molecule has 0 spiro atoms. The first-order valence-corrected chi connectivity index (χ1v) is 7.97. The minimum Gasteiger partial charge on any atom is -0.496 e. The predicted molar refractivity (Wildman–Crippen MR) is 95.6 cm³/mol. The summed E-state index contributed by atoms with van der Waals surface area (Å²) in [4.78, 5) is 11.7. The highest BCUT2D eigenvalue weighted by Gasteiger charge is 2.32. The molecule has 3 nitrogen and oxygen atoms in total. The molecular formula is C20H30O3. The Labute approximate surface area is 140 Å². The smallest absolute Gasteiger partial charge is 0.308 e. The molecule has 0 unspecified atom stereocenters. The monoisotopic (exact) mass is 318 g/mol. The van der Waals surface area contributed by atoms with Crippen LogP contribution in [-0.2, 0) is 22.0 Å². The van der Waals surface area contributed by atoms with Crippen LogP contribution in [0.1, 0.15) is 65.2 Å². The Morgan fingerprint density at radius 1 is 1.17 bits per heavy atom. The molecule has 1 aromatic carbocycles. The fourth-order valence-corrected chi connectivity index (χ4v) is 2.81. The molecule has 0 bridgehead atoms. The molecule has 0 aliphatic rings. The summed E-state index contributed by atoms with van der Waals surface area (Å²) >= 11 is 0. The van der Waals surface area contributed by atoms with Crippen LogP contribution >= 0.6 is 0 Å². The highest BCUT2D eigenvalue weighted by molar-refractivity contribution is 5.72. The van der Waals surface area contributed by atoms with Crippen molar-refractivity contribution in [3.63, 3.8) is 0 Å². The normalized spacial score (nSPS) is 12.0. The SMILES string of the molecule is C=CCc1c(OC)cc(C(C)(C)C)c(OC(C)=O)c1C(C)(C)C. The molecule has 0 aliphatic carbocycles. The predicted octanol–water partition coefficient (Wildman–Crippen LogP) is 4.94. The summed E-state index contributed by atoms with van der Waals surface area (Å²) in [5, 5.41) is 0. The van der Waals surface area contributed by atoms with E-state index < -0.39 is 0 Å². The maximum absolute atomic E-state index is 11.7. The van der Waals surface area contributed by atoms with Crippen molar-refractivity contribution >= 4 is 5.97 Å². The van der Waals surface area contributed by atoms with E-state index in [2.05, 4.69) is 48.1 Å². The lowest BCUT2D eigenvalue weighted by molar-refractivity contribution is -0.132. The second-order valence-electron chi connectivity index (χ2n) is 7.90. The van der Waals surface area contributed by atoms with Gasteiger partial charge in [-0.15, -0.1) is 6.58 Å². The second-order valence-corrected chi connectivity index (χ2v) is 7.90. The number of esters is 1. The summed E-state index contributed by atoms with van der Waals surface area (Å²) < 4.78 is 11.3. The van der Waals surface area contributed by atoms with Crippen LogP contribution in [0.2, 0.25) is 0 Å². The molecule has 0 saturated carbocycles. The van der Waals surface area contributed by atoms with Crippen LogP contribution in [0.3, 0.4) is 0 Å². The maximum atomic E-state index is 11.7. The van der Waals surface area contributed by atoms with E-state index in [9.17, 15) is 4.79 Å². The number of hydrogen-bond acceptors (Lipinski definition) is 3. The first-order valence-electron chi connectivity index (χ1n) is 7.97. The first kappa shape index (κ1) is 19.3. The van der Waals surface area contributed by atoms with E-state index in [-0.39, 0.29) is 16.8 Å². The zero-order valence-corrected chi connectivity index (χ0v) is 15.8. The molecule has 0 amide bonds. The number of carbonyl (C=O) groups is 1. The highest BCUT2D eigenvalue weighted by atomic mass is 16.5. The second kappa shape index (κ2) is 6.77. The number of ether oxygens (including phenoxy) is 2. The lowest BCUT2D eigenvalue weighted by Gasteiger charge is -2.32. The summed E-state index contributed by atoms with van der Waals surface area (Å²) in [7, 11) is 1.67. The van der Waals surface area contributed by atoms with Crippen molar-refractivity contribution in [3.8, 4) is 11.5 Å². The van der Waals surface area contributed by atoms with Crippen LogP contribution in [-0.4, -0.2) is 13.1 Å². The van der Waals surface area contributed by atoms with Gasteiger partial charge in [-0.05, 0) is 23.3 Å². The Balaban J connectivity index is 3.95. The third-order valence-electron chi connectivity index (χ3n) is 3.72. The fourth-order valence-electron chi connectivity index (χ4n) is 2.81. The first-order chi connectivity index (χ1) is 10.4. The lowest BCUT2D eigenvalue weighted by Crippen LogP contribution is -2.23. The summed E-state index contributed by atoms with van der Waals surface area (Å²) in [6.07, 6.45) is 2.51. The van der Waals surface area contributed by atoms with Crippen molar-refractivity contribution in [3.05, 3.63) is 35.4 Å². The van der Waals surface area contributed by atoms with E-state index in [1.165, 1.54) is 6.92 Å². The molecule has 0 aliphatic heterocycles. The Morgan fingerprint density at radius 2 is 1.74 bits per heavy atom. The summed E-state index contributed by atoms with van der Waals surface area (Å²) in [6, 6.07) is 1.99. The number of allylic oxidation sites excluding steroid dienone is 1. The molecular weight excluding hydrogens is 288 g/mol. The Kier molecular flexibility index (Phi) is 5.68. The zero-order valence-electron chi connectivity index (χ0n) is 15.8. The van der Waals surface area contributed by atoms with Crippen molar-refractivity contribution in [2.24, 2.45) is 0 Å². The van der Waals surface area contributed by atoms with Crippen molar-refractivity contribution in [1.29, 1.82) is 0 Å². The quantitative estimate of drug-likeness (QED) is 0.448. The molecule has 3 heteroatoms. The standard InChI is InChI=1S/C20H30O3/c1-10-11-14-16(22-9)12-15(19(3,4)5)18(23-13(2)21)17(14)20(6,7)8/h10,12H,1,11H2,2-9H3. The maximum Gasteiger partial charge on any atom is 0.308 e. The van der Waals surface area contributed by atoms with Gasteiger partial charge in [-0.25, -0.2) is 0 Å². The van der Waals surface area contributed by atoms with Gasteiger partial charge in [-0.2, -0.15) is 0 Å². The van der Waals surface area contributed by atoms with Crippen LogP contribution in [0.5, 0.6) is 11.5 Å². The van der Waals surface area contributed by atoms with Gasteiger partial charge in [0, 0.05) is 23.6 Å². The topological polar surface area (TPSA) is 35.5 Å². The van der Waals surface area contributed by atoms with Crippen LogP contribution in [0.15, 0.2) is 18.7 Å². The Morgan fingerprint density at radius 3 is 2.09 bits per heavy atom. The average molecular weight is 318 g/mol. The number of carbonyl (C=O) groups excluding carboxylic acids is 1. The molecule has 23 heavy (non-hydrogen) atoms. The molecule has 0 radical (unpaired) electrons. The van der Waals surface area contributed by atoms with Gasteiger partial charge < -0.3 is 9.47 Å². The summed E-state index contributed by atoms with van der Waals surface area (Å²) in [6.45, 7) is 18.0. The van der Waals surface area contributed by atoms with Gasteiger partial charge in [0.15, 0.2) is 0 Å². The number of hydrogen-bond donors (Lipinski definition) is 0. The van der Waals surface area contributed by atoms with Crippen LogP contribution in [0.25, 0.3) is 0 Å². The molecule has 0 fully saturated rings. The van der Waals surface area contributed by atoms with Crippen LogP contribution in [0.4, 0.5) is 0 Å². The van der Waals surface area contributed by atoms with Gasteiger partial charge in [0.25, 0.3) is 0 Å². The third kappa shape index (κ3) is 4.37. The van der Waals surface area contributed by atoms with Gasteiger partial charge in [0.2, 0.25) is 0 Å². The van der Waals surface area contributed by atoms with Gasteiger partial charge in [0.05, 0.1) is 7.11 Å². The molecule has 0 atom stereocenters. The molecule has 1 rings (SSSR count). The molecule has 1 aromatic rings. The Bertz CT molecular complexity index is 599. The summed E-state index contributed by atoms with van der Waals surface area (Å²) in [5.74, 6) is 1.17. The van der Waals surface area contributed by atoms with Crippen LogP contribution in [0, 0.1) is 0 Å². The zero-order chi connectivity index (χ0) is 18.0. The van der Waals surface area contributed by atoms with E-state index in [4.69, 9.17) is 9.47 Å². The number of benzene rings is 1. The van der Waals surface area contributed by atoms with Crippen molar-refractivity contribution in [2.75, 3.05) is 7.11 Å². The van der Waals surface area contributed by atoms with Gasteiger partial charge >= 0.3 is 5.97 Å². The minimum absolute atomic E-state index is 0.176. The lowest BCUT2D eigenvalue weighted by atomic mass is 9.76. The molecule has 0 aromatic heterocycles. The van der Waals surface area contributed by atoms with E-state index >= 15 is 0 Å². The van der Waals surface area contributed by atoms with Gasteiger partial charge in [0.1, 0.15) is 11.5 Å². The fraction of sp³-hybridized carbons (Fsp3) is 0.550. The van der Waals surface area contributed by atoms with Crippen LogP contribution < -0.4 is 9.47 Å². The molecule has 0 heterocycles. The van der Waals surface area contributed by atoms with Crippen molar-refractivity contribution in [1.82, 2.24) is 0 Å². The largest absolute Gasteiger partial charge is 0.496 e. The van der Waals surface area contributed by atoms with E-state index in [1.54, 1.807) is 7.11 Å². The van der Waals surface area contributed by atoms with Gasteiger partial charge in [-0.1, -0.05) is 47.6 Å². The van der Waals surface area contributed by atoms with E-state index in [0.29, 0.717) is 12.2 Å². The number of rotatable bonds is 4. The third-order valence-corrected chi connectivity index (χ3v) is 3.72. The highest BCUT2D eigenvalue weighted by Crippen LogP contribution is 2.46. The molecule has 128 valence electrons. The minimum atomic E-state index is -0.310. The van der Waals surface area contributed by atoms with E-state index in [0.717, 1.165) is 22.4 Å². The average Bonchev–Trinajstić information content (AvgIpc) is 2.35. The molecule has 0 N–H and O–H groups in total. The van der Waals surface area contributed by atoms with Crippen molar-refractivity contribution in [2.45, 2.75) is 65.7 Å². The van der Waals surface area contributed by atoms with Gasteiger partial charge in [-0.3, -0.25) is 4.79 Å². The van der Waals surface area contributed by atoms with Crippen molar-refractivity contribution < 1.29 is 14.3 Å². The summed E-state index contributed by atoms with van der Waals surface area (Å²) in [5.41, 5.74) is 2.64.